The molecule has 186 valence electrons. The average Bonchev–Trinajstić information content (AvgIpc) is 3.53. The summed E-state index contributed by atoms with van der Waals surface area (Å²) in [5.74, 6) is -0.269. The van der Waals surface area contributed by atoms with Crippen LogP contribution in [0.1, 0.15) is 55.6 Å². The Bertz CT molecular complexity index is 1430. The fraction of sp³-hybridized carbons (Fsp3) is 0.346. The molecular formula is C26H28N6O3S. The third-order valence-electron chi connectivity index (χ3n) is 6.60. The van der Waals surface area contributed by atoms with Gasteiger partial charge in [0.15, 0.2) is 11.4 Å². The lowest BCUT2D eigenvalue weighted by molar-refractivity contribution is -0.148. The quantitative estimate of drug-likeness (QED) is 0.396. The van der Waals surface area contributed by atoms with E-state index in [1.165, 1.54) is 25.3 Å². The number of aromatic nitrogens is 4. The van der Waals surface area contributed by atoms with Crippen molar-refractivity contribution in [1.29, 1.82) is 0 Å². The molecule has 0 atom stereocenters. The van der Waals surface area contributed by atoms with Gasteiger partial charge in [0.2, 0.25) is 0 Å². The van der Waals surface area contributed by atoms with Gasteiger partial charge in [-0.25, -0.2) is 4.98 Å². The molecule has 0 radical (unpaired) electrons. The first-order valence-electron chi connectivity index (χ1n) is 11.8. The summed E-state index contributed by atoms with van der Waals surface area (Å²) in [6.45, 7) is 5.41. The second-order valence-electron chi connectivity index (χ2n) is 9.64. The van der Waals surface area contributed by atoms with Crippen molar-refractivity contribution in [2.45, 2.75) is 45.1 Å². The van der Waals surface area contributed by atoms with Gasteiger partial charge >= 0.3 is 0 Å². The first-order chi connectivity index (χ1) is 17.1. The van der Waals surface area contributed by atoms with E-state index in [1.807, 2.05) is 29.6 Å². The zero-order valence-corrected chi connectivity index (χ0v) is 21.2. The number of carbonyl (C=O) groups is 2. The zero-order chi connectivity index (χ0) is 25.6. The van der Waals surface area contributed by atoms with Crippen LogP contribution in [0.25, 0.3) is 27.3 Å². The Morgan fingerprint density at radius 1 is 1.17 bits per heavy atom. The molecule has 4 aromatic heterocycles. The van der Waals surface area contributed by atoms with Gasteiger partial charge in [0.05, 0.1) is 28.0 Å². The van der Waals surface area contributed by atoms with Crippen LogP contribution in [0.3, 0.4) is 0 Å². The van der Waals surface area contributed by atoms with Gasteiger partial charge in [0, 0.05) is 36.3 Å². The number of nitrogens with zero attached hydrogens (tertiary/aromatic N) is 5. The minimum Gasteiger partial charge on any atom is -0.383 e. The van der Waals surface area contributed by atoms with Gasteiger partial charge in [-0.15, -0.1) is 11.3 Å². The number of Topliss-reactive ketones (excluding diaryl/α,β-unsaturated/α-hetero) is 1. The van der Waals surface area contributed by atoms with Crippen molar-refractivity contribution in [2.24, 2.45) is 0 Å². The van der Waals surface area contributed by atoms with E-state index in [2.05, 4.69) is 10.1 Å². The Balaban J connectivity index is 1.51. The molecular weight excluding hydrogens is 476 g/mol. The summed E-state index contributed by atoms with van der Waals surface area (Å²) in [4.78, 5) is 37.4. The lowest BCUT2D eigenvalue weighted by Gasteiger charge is -2.35. The van der Waals surface area contributed by atoms with Crippen molar-refractivity contribution in [1.82, 2.24) is 24.5 Å². The van der Waals surface area contributed by atoms with E-state index in [-0.39, 0.29) is 23.4 Å². The minimum absolute atomic E-state index is 0.0517. The van der Waals surface area contributed by atoms with Crippen LogP contribution in [0.2, 0.25) is 0 Å². The fourth-order valence-corrected chi connectivity index (χ4v) is 5.46. The second-order valence-corrected chi connectivity index (χ2v) is 10.6. The number of hydrogen-bond acceptors (Lipinski definition) is 8. The summed E-state index contributed by atoms with van der Waals surface area (Å²) in [6, 6.07) is 7.97. The topological polar surface area (TPSA) is 127 Å². The zero-order valence-electron chi connectivity index (χ0n) is 20.4. The van der Waals surface area contributed by atoms with Crippen LogP contribution in [-0.2, 0) is 4.79 Å². The van der Waals surface area contributed by atoms with Crippen molar-refractivity contribution in [2.75, 3.05) is 18.8 Å². The van der Waals surface area contributed by atoms with Crippen LogP contribution in [0.4, 0.5) is 5.82 Å². The van der Waals surface area contributed by atoms with Crippen LogP contribution < -0.4 is 5.73 Å². The normalized spacial score (nSPS) is 14.9. The van der Waals surface area contributed by atoms with E-state index in [1.54, 1.807) is 28.6 Å². The highest BCUT2D eigenvalue weighted by Gasteiger charge is 2.34. The lowest BCUT2D eigenvalue weighted by atomic mass is 9.89. The Hall–Kier alpha value is -3.63. The maximum atomic E-state index is 12.6. The SMILES string of the molecule is CC(=O)c1c(C2CCN(C(=O)C(C)(C)O)CC2)nc2c(-c3ccc(-c4cccs4)nc3)cnn2c1N. The molecule has 1 aliphatic heterocycles. The number of fused-ring (bicyclic) bond motifs is 1. The molecule has 0 spiro atoms. The van der Waals surface area contributed by atoms with E-state index in [0.29, 0.717) is 42.8 Å². The number of nitrogens with two attached hydrogens (primary N) is 1. The highest BCUT2D eigenvalue weighted by Crippen LogP contribution is 2.35. The van der Waals surface area contributed by atoms with Gasteiger partial charge in [-0.1, -0.05) is 12.1 Å². The molecule has 0 aromatic carbocycles. The number of piperidine rings is 1. The van der Waals surface area contributed by atoms with E-state index in [4.69, 9.17) is 10.7 Å². The van der Waals surface area contributed by atoms with Crippen LogP contribution in [0.5, 0.6) is 0 Å². The number of hydrogen-bond donors (Lipinski definition) is 2. The van der Waals surface area contributed by atoms with Crippen LogP contribution in [0.15, 0.2) is 42.0 Å². The molecule has 5 rings (SSSR count). The van der Waals surface area contributed by atoms with Gasteiger partial charge in [0.1, 0.15) is 11.4 Å². The highest BCUT2D eigenvalue weighted by molar-refractivity contribution is 7.13. The maximum absolute atomic E-state index is 12.6. The molecule has 1 amide bonds. The van der Waals surface area contributed by atoms with Gasteiger partial charge in [-0.3, -0.25) is 14.6 Å². The number of likely N-dealkylation sites (tertiary alicyclic amines) is 1. The van der Waals surface area contributed by atoms with Crippen molar-refractivity contribution >= 4 is 34.5 Å². The smallest absolute Gasteiger partial charge is 0.253 e. The molecule has 1 saturated heterocycles. The molecule has 0 aliphatic carbocycles. The van der Waals surface area contributed by atoms with Crippen LogP contribution in [-0.4, -0.2) is 60.0 Å². The van der Waals surface area contributed by atoms with E-state index in [0.717, 1.165) is 21.7 Å². The monoisotopic (exact) mass is 504 g/mol. The second kappa shape index (κ2) is 9.11. The molecule has 0 saturated carbocycles. The first-order valence-corrected chi connectivity index (χ1v) is 12.7. The predicted molar refractivity (Wildman–Crippen MR) is 139 cm³/mol. The van der Waals surface area contributed by atoms with Gasteiger partial charge in [-0.2, -0.15) is 9.61 Å². The van der Waals surface area contributed by atoms with Crippen molar-refractivity contribution in [3.8, 4) is 21.7 Å². The Morgan fingerprint density at radius 3 is 2.50 bits per heavy atom. The van der Waals surface area contributed by atoms with Gasteiger partial charge in [0.25, 0.3) is 5.91 Å². The molecule has 1 fully saturated rings. The van der Waals surface area contributed by atoms with Crippen molar-refractivity contribution in [3.05, 3.63) is 53.3 Å². The number of amides is 1. The number of ketones is 1. The largest absolute Gasteiger partial charge is 0.383 e. The third-order valence-corrected chi connectivity index (χ3v) is 7.50. The number of pyridine rings is 1. The number of aliphatic hydroxyl groups is 1. The summed E-state index contributed by atoms with van der Waals surface area (Å²) in [5.41, 5.74) is 9.14. The Labute approximate surface area is 212 Å². The molecule has 9 nitrogen and oxygen atoms in total. The standard InChI is InChI=1S/C26H28N6O3S/c1-15(33)21-22(16-8-10-31(11-9-16)25(34)26(2,3)35)30-24-18(14-29-32(24)23(21)27)17-6-7-19(28-13-17)20-5-4-12-36-20/h4-7,12-14,16,35H,8-11,27H2,1-3H3. The number of anilines is 1. The lowest BCUT2D eigenvalue weighted by Crippen LogP contribution is -2.48. The number of rotatable bonds is 5. The summed E-state index contributed by atoms with van der Waals surface area (Å²) in [7, 11) is 0. The third kappa shape index (κ3) is 4.27. The number of carbonyl (C=O) groups excluding carboxylic acids is 2. The molecule has 10 heteroatoms. The molecule has 4 aromatic rings. The fourth-order valence-electron chi connectivity index (χ4n) is 4.76. The van der Waals surface area contributed by atoms with Crippen molar-refractivity contribution in [3.63, 3.8) is 0 Å². The Morgan fingerprint density at radius 2 is 1.92 bits per heavy atom. The van der Waals surface area contributed by atoms with Crippen LogP contribution in [0, 0.1) is 0 Å². The minimum atomic E-state index is -1.42. The van der Waals surface area contributed by atoms with E-state index in [9.17, 15) is 14.7 Å². The summed E-state index contributed by atoms with van der Waals surface area (Å²) < 4.78 is 1.51. The molecule has 36 heavy (non-hydrogen) atoms. The number of nitrogen functional groups attached to an aromatic ring is 1. The van der Waals surface area contributed by atoms with Crippen molar-refractivity contribution < 1.29 is 14.7 Å². The maximum Gasteiger partial charge on any atom is 0.253 e. The first kappa shape index (κ1) is 24.1. The van der Waals surface area contributed by atoms with Crippen LogP contribution >= 0.6 is 11.3 Å². The molecule has 0 bridgehead atoms. The summed E-state index contributed by atoms with van der Waals surface area (Å²) in [6.07, 6.45) is 4.72. The Kier molecular flexibility index (Phi) is 6.09. The van der Waals surface area contributed by atoms with Gasteiger partial charge in [-0.05, 0) is 51.1 Å². The molecule has 0 unspecified atom stereocenters. The van der Waals surface area contributed by atoms with Gasteiger partial charge < -0.3 is 15.7 Å². The number of thiophene rings is 1. The van der Waals surface area contributed by atoms with E-state index >= 15 is 0 Å². The summed E-state index contributed by atoms with van der Waals surface area (Å²) in [5, 5.41) is 16.5. The predicted octanol–water partition coefficient (Wildman–Crippen LogP) is 3.78. The molecule has 3 N–H and O–H groups in total. The molecule has 5 heterocycles. The highest BCUT2D eigenvalue weighted by atomic mass is 32.1. The molecule has 1 aliphatic rings. The average molecular weight is 505 g/mol. The van der Waals surface area contributed by atoms with E-state index < -0.39 is 5.60 Å². The summed E-state index contributed by atoms with van der Waals surface area (Å²) >= 11 is 1.63.